The molecule has 0 radical (unpaired) electrons. The summed E-state index contributed by atoms with van der Waals surface area (Å²) in [7, 11) is 0. The lowest BCUT2D eigenvalue weighted by molar-refractivity contribution is 0.0498. The van der Waals surface area contributed by atoms with E-state index in [4.69, 9.17) is 0 Å². The standard InChI is InChI=1S/C15H21N/c1-12-2-4-13(5-3-12)10-15-11-14-6-8-16(15)9-7-14/h2-5,14-15H,6-11H2,1H3. The molecular formula is C15H21N. The van der Waals surface area contributed by atoms with Crippen LogP contribution in [0.1, 0.15) is 30.4 Å². The van der Waals surface area contributed by atoms with Gasteiger partial charge in [-0.25, -0.2) is 0 Å². The van der Waals surface area contributed by atoms with E-state index < -0.39 is 0 Å². The summed E-state index contributed by atoms with van der Waals surface area (Å²) in [5.41, 5.74) is 2.89. The van der Waals surface area contributed by atoms with Gasteiger partial charge >= 0.3 is 0 Å². The van der Waals surface area contributed by atoms with E-state index in [9.17, 15) is 0 Å². The second-order valence-electron chi connectivity index (χ2n) is 5.56. The van der Waals surface area contributed by atoms with Crippen LogP contribution >= 0.6 is 0 Å². The Hall–Kier alpha value is -0.820. The van der Waals surface area contributed by atoms with E-state index in [1.165, 1.54) is 49.9 Å². The molecule has 3 aliphatic heterocycles. The topological polar surface area (TPSA) is 3.24 Å². The fourth-order valence-corrected chi connectivity index (χ4v) is 3.30. The van der Waals surface area contributed by atoms with Crippen LogP contribution in [0.2, 0.25) is 0 Å². The van der Waals surface area contributed by atoms with Crippen LogP contribution in [0, 0.1) is 12.8 Å². The lowest BCUT2D eigenvalue weighted by Gasteiger charge is -2.45. The number of hydrogen-bond donors (Lipinski definition) is 0. The Morgan fingerprint density at radius 3 is 2.38 bits per heavy atom. The molecule has 0 amide bonds. The lowest BCUT2D eigenvalue weighted by Crippen LogP contribution is -2.49. The van der Waals surface area contributed by atoms with Crippen LogP contribution in [0.4, 0.5) is 0 Å². The molecule has 1 heteroatoms. The van der Waals surface area contributed by atoms with Gasteiger partial charge in [0.15, 0.2) is 0 Å². The maximum absolute atomic E-state index is 2.71. The van der Waals surface area contributed by atoms with Crippen molar-refractivity contribution >= 4 is 0 Å². The van der Waals surface area contributed by atoms with E-state index in [2.05, 4.69) is 36.1 Å². The quantitative estimate of drug-likeness (QED) is 0.733. The number of nitrogens with zero attached hydrogens (tertiary/aromatic N) is 1. The smallest absolute Gasteiger partial charge is 0.0138 e. The predicted molar refractivity (Wildman–Crippen MR) is 67.6 cm³/mol. The van der Waals surface area contributed by atoms with Crippen molar-refractivity contribution < 1.29 is 0 Å². The van der Waals surface area contributed by atoms with Crippen molar-refractivity contribution in [1.29, 1.82) is 0 Å². The number of rotatable bonds is 2. The van der Waals surface area contributed by atoms with E-state index in [1.54, 1.807) is 0 Å². The van der Waals surface area contributed by atoms with E-state index in [1.807, 2.05) is 0 Å². The molecule has 0 N–H and O–H groups in total. The molecule has 2 bridgehead atoms. The maximum atomic E-state index is 2.71. The SMILES string of the molecule is Cc1ccc(CC2CC3CCN2CC3)cc1. The molecule has 3 fully saturated rings. The number of fused-ring (bicyclic) bond motifs is 3. The summed E-state index contributed by atoms with van der Waals surface area (Å²) >= 11 is 0. The second kappa shape index (κ2) is 4.21. The highest BCUT2D eigenvalue weighted by atomic mass is 15.2. The van der Waals surface area contributed by atoms with Crippen molar-refractivity contribution in [3.05, 3.63) is 35.4 Å². The van der Waals surface area contributed by atoms with Gasteiger partial charge in [0.2, 0.25) is 0 Å². The molecule has 16 heavy (non-hydrogen) atoms. The third kappa shape index (κ3) is 2.01. The van der Waals surface area contributed by atoms with Crippen LogP contribution in [-0.4, -0.2) is 24.0 Å². The Morgan fingerprint density at radius 2 is 1.81 bits per heavy atom. The average Bonchev–Trinajstić information content (AvgIpc) is 2.34. The van der Waals surface area contributed by atoms with Gasteiger partial charge in [-0.05, 0) is 57.2 Å². The molecule has 3 saturated heterocycles. The first-order valence-corrected chi connectivity index (χ1v) is 6.61. The van der Waals surface area contributed by atoms with Crippen LogP contribution in [0.3, 0.4) is 0 Å². The van der Waals surface area contributed by atoms with E-state index in [0.29, 0.717) is 0 Å². The zero-order chi connectivity index (χ0) is 11.0. The average molecular weight is 215 g/mol. The van der Waals surface area contributed by atoms with Gasteiger partial charge in [-0.1, -0.05) is 29.8 Å². The number of hydrogen-bond acceptors (Lipinski definition) is 1. The van der Waals surface area contributed by atoms with Crippen molar-refractivity contribution in [1.82, 2.24) is 4.90 Å². The molecule has 1 aromatic rings. The summed E-state index contributed by atoms with van der Waals surface area (Å²) in [6, 6.07) is 9.92. The minimum Gasteiger partial charge on any atom is -0.300 e. The molecule has 3 heterocycles. The Morgan fingerprint density at radius 1 is 1.12 bits per heavy atom. The van der Waals surface area contributed by atoms with E-state index in [0.717, 1.165) is 12.0 Å². The summed E-state index contributed by atoms with van der Waals surface area (Å²) in [5, 5.41) is 0. The van der Waals surface area contributed by atoms with Crippen molar-refractivity contribution in [2.75, 3.05) is 13.1 Å². The molecule has 3 aliphatic rings. The highest BCUT2D eigenvalue weighted by molar-refractivity contribution is 5.22. The zero-order valence-electron chi connectivity index (χ0n) is 10.2. The second-order valence-corrected chi connectivity index (χ2v) is 5.56. The Labute approximate surface area is 98.5 Å². The highest BCUT2D eigenvalue weighted by Gasteiger charge is 2.33. The van der Waals surface area contributed by atoms with Crippen molar-refractivity contribution in [3.8, 4) is 0 Å². The van der Waals surface area contributed by atoms with Crippen LogP contribution < -0.4 is 0 Å². The molecule has 0 spiro atoms. The van der Waals surface area contributed by atoms with Gasteiger partial charge in [0.05, 0.1) is 0 Å². The predicted octanol–water partition coefficient (Wildman–Crippen LogP) is 3.02. The monoisotopic (exact) mass is 215 g/mol. The Kier molecular flexibility index (Phi) is 2.72. The first-order valence-electron chi connectivity index (χ1n) is 6.61. The molecular weight excluding hydrogens is 194 g/mol. The van der Waals surface area contributed by atoms with Crippen molar-refractivity contribution in [3.63, 3.8) is 0 Å². The van der Waals surface area contributed by atoms with Crippen LogP contribution in [0.25, 0.3) is 0 Å². The van der Waals surface area contributed by atoms with Gasteiger partial charge in [-0.2, -0.15) is 0 Å². The minimum absolute atomic E-state index is 0.829. The third-order valence-electron chi connectivity index (χ3n) is 4.36. The summed E-state index contributed by atoms with van der Waals surface area (Å²) in [6.07, 6.45) is 5.60. The van der Waals surface area contributed by atoms with Crippen LogP contribution in [-0.2, 0) is 6.42 Å². The fourth-order valence-electron chi connectivity index (χ4n) is 3.30. The van der Waals surface area contributed by atoms with E-state index in [-0.39, 0.29) is 0 Å². The number of benzene rings is 1. The first kappa shape index (κ1) is 10.3. The Bertz CT molecular complexity index is 346. The van der Waals surface area contributed by atoms with Gasteiger partial charge in [0, 0.05) is 6.04 Å². The molecule has 4 rings (SSSR count). The number of aryl methyl sites for hydroxylation is 1. The number of piperidine rings is 3. The summed E-state index contributed by atoms with van der Waals surface area (Å²) in [6.45, 7) is 4.86. The molecule has 1 nitrogen and oxygen atoms in total. The van der Waals surface area contributed by atoms with Gasteiger partial charge in [0.1, 0.15) is 0 Å². The Balaban J connectivity index is 1.68. The molecule has 0 saturated carbocycles. The van der Waals surface area contributed by atoms with Crippen molar-refractivity contribution in [2.45, 2.75) is 38.6 Å². The normalized spacial score (nSPS) is 32.9. The lowest BCUT2D eigenvalue weighted by atomic mass is 9.81. The molecule has 1 aromatic carbocycles. The third-order valence-corrected chi connectivity index (χ3v) is 4.36. The van der Waals surface area contributed by atoms with Gasteiger partial charge < -0.3 is 4.90 Å². The van der Waals surface area contributed by atoms with Gasteiger partial charge in [0.25, 0.3) is 0 Å². The molecule has 1 unspecified atom stereocenters. The maximum Gasteiger partial charge on any atom is 0.0138 e. The molecule has 0 aliphatic carbocycles. The summed E-state index contributed by atoms with van der Waals surface area (Å²) in [4.78, 5) is 2.71. The summed E-state index contributed by atoms with van der Waals surface area (Å²) in [5.74, 6) is 1.03. The molecule has 0 aromatic heterocycles. The van der Waals surface area contributed by atoms with Crippen LogP contribution in [0.5, 0.6) is 0 Å². The van der Waals surface area contributed by atoms with Gasteiger partial charge in [-0.15, -0.1) is 0 Å². The zero-order valence-corrected chi connectivity index (χ0v) is 10.2. The summed E-state index contributed by atoms with van der Waals surface area (Å²) < 4.78 is 0. The molecule has 86 valence electrons. The van der Waals surface area contributed by atoms with Gasteiger partial charge in [-0.3, -0.25) is 0 Å². The highest BCUT2D eigenvalue weighted by Crippen LogP contribution is 2.33. The molecule has 1 atom stereocenters. The largest absolute Gasteiger partial charge is 0.300 e. The van der Waals surface area contributed by atoms with Crippen molar-refractivity contribution in [2.24, 2.45) is 5.92 Å². The fraction of sp³-hybridized carbons (Fsp3) is 0.600. The minimum atomic E-state index is 0.829. The van der Waals surface area contributed by atoms with E-state index >= 15 is 0 Å². The first-order chi connectivity index (χ1) is 7.81. The van der Waals surface area contributed by atoms with Crippen LogP contribution in [0.15, 0.2) is 24.3 Å².